The predicted molar refractivity (Wildman–Crippen MR) is 98.0 cm³/mol. The minimum Gasteiger partial charge on any atom is -0.338 e. The van der Waals surface area contributed by atoms with Gasteiger partial charge in [-0.15, -0.1) is 0 Å². The van der Waals surface area contributed by atoms with Gasteiger partial charge in [-0.2, -0.15) is 0 Å². The monoisotopic (exact) mass is 340 g/mol. The molecule has 0 aliphatic rings. The summed E-state index contributed by atoms with van der Waals surface area (Å²) in [5, 5.41) is 7.00. The number of benzene rings is 2. The molecule has 0 heterocycles. The number of nitrogens with one attached hydrogen (secondary N) is 2. The van der Waals surface area contributed by atoms with Gasteiger partial charge in [-0.05, 0) is 12.5 Å². The lowest BCUT2D eigenvalue weighted by Crippen LogP contribution is -2.88. The second-order valence-electron chi connectivity index (χ2n) is 6.02. The highest BCUT2D eigenvalue weighted by Crippen LogP contribution is 2.13. The molecular weight excluding hydrogens is 314 g/mol. The summed E-state index contributed by atoms with van der Waals surface area (Å²) in [7, 11) is 0. The molecule has 2 aromatic rings. The van der Waals surface area contributed by atoms with Crippen LogP contribution >= 0.6 is 0 Å². The molecule has 3 amide bonds. The van der Waals surface area contributed by atoms with Crippen LogP contribution in [0.2, 0.25) is 0 Å². The molecule has 0 unspecified atom stereocenters. The van der Waals surface area contributed by atoms with Crippen molar-refractivity contribution in [2.75, 3.05) is 13.1 Å². The summed E-state index contributed by atoms with van der Waals surface area (Å²) in [4.78, 5) is 24.3. The lowest BCUT2D eigenvalue weighted by atomic mass is 10.00. The van der Waals surface area contributed by atoms with Crippen molar-refractivity contribution in [2.24, 2.45) is 0 Å². The summed E-state index contributed by atoms with van der Waals surface area (Å²) in [6.07, 6.45) is 0. The van der Waals surface area contributed by atoms with E-state index in [0.717, 1.165) is 12.1 Å². The van der Waals surface area contributed by atoms with E-state index in [1.165, 1.54) is 5.56 Å². The van der Waals surface area contributed by atoms with Crippen molar-refractivity contribution in [3.63, 3.8) is 0 Å². The fraction of sp³-hybridized carbons (Fsp3) is 0.300. The molecule has 0 radical (unpaired) electrons. The minimum absolute atomic E-state index is 0.296. The lowest BCUT2D eigenvalue weighted by molar-refractivity contribution is -0.684. The van der Waals surface area contributed by atoms with E-state index in [2.05, 4.69) is 29.7 Å². The molecule has 25 heavy (non-hydrogen) atoms. The predicted octanol–water partition coefficient (Wildman–Crippen LogP) is 1.94. The van der Waals surface area contributed by atoms with Gasteiger partial charge in [0.2, 0.25) is 0 Å². The Morgan fingerprint density at radius 1 is 0.960 bits per heavy atom. The van der Waals surface area contributed by atoms with E-state index in [-0.39, 0.29) is 5.91 Å². The van der Waals surface area contributed by atoms with Gasteiger partial charge < -0.3 is 10.6 Å². The molecule has 0 aromatic heterocycles. The molecule has 2 aromatic carbocycles. The second kappa shape index (κ2) is 9.59. The number of imide groups is 1. The van der Waals surface area contributed by atoms with Crippen molar-refractivity contribution in [1.82, 2.24) is 10.6 Å². The van der Waals surface area contributed by atoms with Gasteiger partial charge in [0.15, 0.2) is 6.04 Å². The van der Waals surface area contributed by atoms with E-state index in [1.54, 1.807) is 0 Å². The molecular formula is C20H26N3O2+. The zero-order valence-electron chi connectivity index (χ0n) is 14.7. The lowest BCUT2D eigenvalue weighted by Gasteiger charge is -2.18. The summed E-state index contributed by atoms with van der Waals surface area (Å²) in [6, 6.07) is 18.8. The first-order chi connectivity index (χ1) is 12.1. The van der Waals surface area contributed by atoms with Gasteiger partial charge in [0.25, 0.3) is 5.91 Å². The molecule has 5 nitrogen and oxygen atoms in total. The van der Waals surface area contributed by atoms with Gasteiger partial charge in [-0.25, -0.2) is 4.79 Å². The summed E-state index contributed by atoms with van der Waals surface area (Å²) in [5.41, 5.74) is 2.11. The molecule has 4 N–H and O–H groups in total. The molecule has 0 bridgehead atoms. The van der Waals surface area contributed by atoms with Crippen molar-refractivity contribution < 1.29 is 14.9 Å². The molecule has 0 aliphatic heterocycles. The highest BCUT2D eigenvalue weighted by molar-refractivity contribution is 5.96. The second-order valence-corrected chi connectivity index (χ2v) is 6.02. The summed E-state index contributed by atoms with van der Waals surface area (Å²) in [6.45, 7) is 5.16. The van der Waals surface area contributed by atoms with Crippen LogP contribution in [0.3, 0.4) is 0 Å². The topological polar surface area (TPSA) is 74.8 Å². The fourth-order valence-corrected chi connectivity index (χ4v) is 2.71. The van der Waals surface area contributed by atoms with E-state index in [4.69, 9.17) is 0 Å². The highest BCUT2D eigenvalue weighted by atomic mass is 16.2. The van der Waals surface area contributed by atoms with Crippen LogP contribution in [0.15, 0.2) is 60.7 Å². The summed E-state index contributed by atoms with van der Waals surface area (Å²) < 4.78 is 0. The molecule has 0 saturated carbocycles. The van der Waals surface area contributed by atoms with E-state index >= 15 is 0 Å². The van der Waals surface area contributed by atoms with Gasteiger partial charge in [0.05, 0.1) is 6.54 Å². The van der Waals surface area contributed by atoms with Gasteiger partial charge in [-0.3, -0.25) is 10.1 Å². The number of amides is 3. The third-order valence-corrected chi connectivity index (χ3v) is 4.11. The van der Waals surface area contributed by atoms with Crippen LogP contribution in [0.1, 0.15) is 36.9 Å². The van der Waals surface area contributed by atoms with E-state index < -0.39 is 12.1 Å². The van der Waals surface area contributed by atoms with E-state index in [1.807, 2.05) is 60.8 Å². The Morgan fingerprint density at radius 3 is 2.08 bits per heavy atom. The molecule has 2 rings (SSSR count). The Morgan fingerprint density at radius 2 is 1.52 bits per heavy atom. The van der Waals surface area contributed by atoms with Crippen molar-refractivity contribution in [3.8, 4) is 0 Å². The Kier molecular flexibility index (Phi) is 7.16. The van der Waals surface area contributed by atoms with Crippen LogP contribution in [-0.4, -0.2) is 25.0 Å². The molecule has 0 saturated heterocycles. The summed E-state index contributed by atoms with van der Waals surface area (Å²) >= 11 is 0. The Hall–Kier alpha value is -2.66. The fourth-order valence-electron chi connectivity index (χ4n) is 2.71. The minimum atomic E-state index is -0.463. The zero-order valence-corrected chi connectivity index (χ0v) is 14.7. The van der Waals surface area contributed by atoms with Crippen LogP contribution in [0.4, 0.5) is 4.79 Å². The maximum Gasteiger partial charge on any atom is 0.321 e. The van der Waals surface area contributed by atoms with Crippen LogP contribution in [0, 0.1) is 0 Å². The molecule has 132 valence electrons. The van der Waals surface area contributed by atoms with Crippen molar-refractivity contribution in [1.29, 1.82) is 0 Å². The quantitative estimate of drug-likeness (QED) is 0.720. The number of carbonyl (C=O) groups excluding carboxylic acids is 2. The Labute approximate surface area is 148 Å². The number of hydrogen-bond acceptors (Lipinski definition) is 2. The number of rotatable bonds is 7. The first-order valence-corrected chi connectivity index (χ1v) is 8.63. The molecule has 0 spiro atoms. The van der Waals surface area contributed by atoms with Gasteiger partial charge >= 0.3 is 6.03 Å². The van der Waals surface area contributed by atoms with Gasteiger partial charge in [0.1, 0.15) is 0 Å². The Balaban J connectivity index is 2.07. The third kappa shape index (κ3) is 5.72. The van der Waals surface area contributed by atoms with Crippen molar-refractivity contribution >= 4 is 11.9 Å². The van der Waals surface area contributed by atoms with Crippen molar-refractivity contribution in [3.05, 3.63) is 71.8 Å². The number of urea groups is 1. The van der Waals surface area contributed by atoms with Crippen LogP contribution in [0.5, 0.6) is 0 Å². The third-order valence-electron chi connectivity index (χ3n) is 4.11. The summed E-state index contributed by atoms with van der Waals surface area (Å²) in [5.74, 6) is -0.0120. The van der Waals surface area contributed by atoms with Crippen LogP contribution in [-0.2, 0) is 4.79 Å². The van der Waals surface area contributed by atoms with E-state index in [9.17, 15) is 9.59 Å². The maximum atomic E-state index is 12.6. The van der Waals surface area contributed by atoms with Gasteiger partial charge in [0, 0.05) is 18.0 Å². The normalized spacial score (nSPS) is 12.9. The number of nitrogens with two attached hydrogens (primary N) is 1. The largest absolute Gasteiger partial charge is 0.338 e. The average molecular weight is 340 g/mol. The zero-order chi connectivity index (χ0) is 18.1. The first kappa shape index (κ1) is 18.7. The molecule has 0 fully saturated rings. The Bertz CT molecular complexity index is 674. The van der Waals surface area contributed by atoms with Crippen molar-refractivity contribution in [2.45, 2.75) is 25.8 Å². The molecule has 2 atom stereocenters. The standard InChI is InChI=1S/C20H25N3O2/c1-3-21-20(25)23-19(24)18(17-12-8-5-9-13-17)22-14-15(2)16-10-6-4-7-11-16/h4-13,15,18,22H,3,14H2,1-2H3,(H2,21,23,24,25)/p+1/t15-,18-/m1/s1. The highest BCUT2D eigenvalue weighted by Gasteiger charge is 2.26. The molecule has 0 aliphatic carbocycles. The average Bonchev–Trinajstić information content (AvgIpc) is 2.63. The maximum absolute atomic E-state index is 12.6. The smallest absolute Gasteiger partial charge is 0.321 e. The van der Waals surface area contributed by atoms with E-state index in [0.29, 0.717) is 12.5 Å². The number of quaternary nitrogens is 1. The first-order valence-electron chi connectivity index (χ1n) is 8.63. The van der Waals surface area contributed by atoms with Crippen LogP contribution in [0.25, 0.3) is 0 Å². The number of hydrogen-bond donors (Lipinski definition) is 3. The SMILES string of the molecule is CCNC(=O)NC(=O)[C@H]([NH2+]C[C@@H](C)c1ccccc1)c1ccccc1. The molecule has 5 heteroatoms. The van der Waals surface area contributed by atoms with Crippen LogP contribution < -0.4 is 16.0 Å². The van der Waals surface area contributed by atoms with Gasteiger partial charge in [-0.1, -0.05) is 67.6 Å². The number of carbonyl (C=O) groups is 2.